The van der Waals surface area contributed by atoms with E-state index >= 15 is 0 Å². The molecule has 1 heterocycles. The number of nitrogens with zero attached hydrogens (tertiary/aromatic N) is 4. The van der Waals surface area contributed by atoms with Crippen molar-refractivity contribution in [2.45, 2.75) is 19.6 Å². The number of rotatable bonds is 8. The van der Waals surface area contributed by atoms with Gasteiger partial charge < -0.3 is 9.47 Å². The molecule has 32 heavy (non-hydrogen) atoms. The van der Waals surface area contributed by atoms with Gasteiger partial charge in [-0.15, -0.1) is 10.2 Å². The van der Waals surface area contributed by atoms with Gasteiger partial charge in [0, 0.05) is 10.6 Å². The summed E-state index contributed by atoms with van der Waals surface area (Å²) in [4.78, 5) is 13.7. The molecule has 9 heteroatoms. The Morgan fingerprint density at radius 2 is 1.56 bits per heavy atom. The number of Topliss-reactive ketones (excluding diaryl/α,β-unsaturated/α-hetero) is 1. The molecule has 0 bridgehead atoms. The van der Waals surface area contributed by atoms with Crippen LogP contribution >= 0.6 is 11.6 Å². The number of hydrogen-bond acceptors (Lipinski definition) is 6. The Balaban J connectivity index is 1.32. The van der Waals surface area contributed by atoms with E-state index in [1.165, 1.54) is 29.1 Å². The average molecular weight is 453 g/mol. The summed E-state index contributed by atoms with van der Waals surface area (Å²) in [6.45, 7) is 1.58. The molecule has 1 aromatic heterocycles. The molecule has 0 aliphatic carbocycles. The second-order valence-corrected chi connectivity index (χ2v) is 7.34. The number of ketones is 1. The Hall–Kier alpha value is -3.78. The summed E-state index contributed by atoms with van der Waals surface area (Å²) >= 11 is 5.89. The lowest BCUT2D eigenvalue weighted by atomic mass is 10.2. The van der Waals surface area contributed by atoms with E-state index < -0.39 is 6.10 Å². The highest BCUT2D eigenvalue weighted by Gasteiger charge is 2.17. The molecule has 0 radical (unpaired) electrons. The minimum atomic E-state index is -0.719. The maximum atomic E-state index is 13.0. The number of aromatic nitrogens is 4. The predicted octanol–water partition coefficient (Wildman–Crippen LogP) is 4.96. The summed E-state index contributed by atoms with van der Waals surface area (Å²) in [7, 11) is 0. The molecular formula is C23H18ClFN4O3. The Labute approximate surface area is 188 Å². The summed E-state index contributed by atoms with van der Waals surface area (Å²) in [5.74, 6) is 1.44. The van der Waals surface area contributed by atoms with E-state index in [4.69, 9.17) is 21.1 Å². The van der Waals surface area contributed by atoms with Crippen molar-refractivity contribution in [2.75, 3.05) is 0 Å². The fourth-order valence-corrected chi connectivity index (χ4v) is 2.91. The molecule has 0 aliphatic rings. The first kappa shape index (κ1) is 21.5. The largest absolute Gasteiger partial charge is 0.483 e. The molecule has 1 atom stereocenters. The van der Waals surface area contributed by atoms with Crippen LogP contribution in [0, 0.1) is 5.82 Å². The van der Waals surface area contributed by atoms with Crippen molar-refractivity contribution in [2.24, 2.45) is 0 Å². The molecule has 162 valence electrons. The van der Waals surface area contributed by atoms with Gasteiger partial charge in [-0.25, -0.2) is 4.39 Å². The average Bonchev–Trinajstić information content (AvgIpc) is 3.25. The van der Waals surface area contributed by atoms with E-state index in [2.05, 4.69) is 15.4 Å². The summed E-state index contributed by atoms with van der Waals surface area (Å²) in [6, 6.07) is 19.5. The molecular weight excluding hydrogens is 435 g/mol. The molecule has 0 aliphatic heterocycles. The molecule has 0 spiro atoms. The second kappa shape index (κ2) is 9.57. The number of ether oxygens (including phenoxy) is 2. The van der Waals surface area contributed by atoms with Crippen molar-refractivity contribution in [1.29, 1.82) is 0 Å². The smallest absolute Gasteiger partial charge is 0.204 e. The van der Waals surface area contributed by atoms with Gasteiger partial charge in [0.1, 0.15) is 29.6 Å². The van der Waals surface area contributed by atoms with Gasteiger partial charge in [-0.05, 0) is 84.9 Å². The molecule has 0 saturated heterocycles. The van der Waals surface area contributed by atoms with E-state index in [9.17, 15) is 9.18 Å². The maximum Gasteiger partial charge on any atom is 0.204 e. The Morgan fingerprint density at radius 3 is 2.22 bits per heavy atom. The van der Waals surface area contributed by atoms with E-state index in [1.807, 2.05) is 0 Å². The van der Waals surface area contributed by atoms with E-state index in [0.29, 0.717) is 28.1 Å². The minimum absolute atomic E-state index is 0.0759. The zero-order valence-corrected chi connectivity index (χ0v) is 17.7. The summed E-state index contributed by atoms with van der Waals surface area (Å²) in [6.07, 6.45) is -0.719. The van der Waals surface area contributed by atoms with Gasteiger partial charge in [0.05, 0.1) is 0 Å². The van der Waals surface area contributed by atoms with Crippen LogP contribution in [0.1, 0.15) is 6.92 Å². The highest BCUT2D eigenvalue weighted by molar-refractivity contribution is 6.30. The molecule has 4 rings (SSSR count). The van der Waals surface area contributed by atoms with Crippen LogP contribution < -0.4 is 9.47 Å². The van der Waals surface area contributed by atoms with Crippen molar-refractivity contribution in [3.05, 3.63) is 83.6 Å². The molecule has 0 N–H and O–H groups in total. The van der Waals surface area contributed by atoms with Crippen molar-refractivity contribution < 1.29 is 18.7 Å². The maximum absolute atomic E-state index is 13.0. The molecule has 0 saturated carbocycles. The zero-order valence-electron chi connectivity index (χ0n) is 17.0. The van der Waals surface area contributed by atoms with Gasteiger partial charge in [-0.2, -0.15) is 4.80 Å². The van der Waals surface area contributed by atoms with Gasteiger partial charge in [0.15, 0.2) is 11.9 Å². The number of hydrogen-bond donors (Lipinski definition) is 0. The van der Waals surface area contributed by atoms with Gasteiger partial charge in [-0.3, -0.25) is 4.79 Å². The first-order chi connectivity index (χ1) is 15.5. The van der Waals surface area contributed by atoms with Crippen LogP contribution in [0.4, 0.5) is 4.39 Å². The van der Waals surface area contributed by atoms with Crippen LogP contribution in [0.25, 0.3) is 11.4 Å². The van der Waals surface area contributed by atoms with Gasteiger partial charge in [0.2, 0.25) is 5.82 Å². The molecule has 0 fully saturated rings. The Morgan fingerprint density at radius 1 is 0.969 bits per heavy atom. The van der Waals surface area contributed by atoms with E-state index in [1.54, 1.807) is 55.5 Å². The number of benzene rings is 3. The second-order valence-electron chi connectivity index (χ2n) is 6.90. The third-order valence-corrected chi connectivity index (χ3v) is 4.74. The number of carbonyl (C=O) groups excluding carboxylic acids is 1. The van der Waals surface area contributed by atoms with Crippen molar-refractivity contribution in [3.63, 3.8) is 0 Å². The van der Waals surface area contributed by atoms with Crippen molar-refractivity contribution in [3.8, 4) is 28.6 Å². The lowest BCUT2D eigenvalue weighted by Crippen LogP contribution is -2.28. The number of carbonyl (C=O) groups is 1. The standard InChI is InChI=1S/C23H18ClFN4O3/c1-15(22(30)14-29-27-23(26-28-29)16-2-4-17(24)5-3-16)31-19-10-12-21(13-11-19)32-20-8-6-18(25)7-9-20/h2-13,15H,14H2,1H3. The first-order valence-corrected chi connectivity index (χ1v) is 10.1. The van der Waals surface area contributed by atoms with Crippen LogP contribution in [0.15, 0.2) is 72.8 Å². The lowest BCUT2D eigenvalue weighted by molar-refractivity contribution is -0.126. The monoisotopic (exact) mass is 452 g/mol. The van der Waals surface area contributed by atoms with Crippen molar-refractivity contribution >= 4 is 17.4 Å². The molecule has 3 aromatic carbocycles. The molecule has 7 nitrogen and oxygen atoms in total. The van der Waals surface area contributed by atoms with Gasteiger partial charge in [0.25, 0.3) is 0 Å². The first-order valence-electron chi connectivity index (χ1n) is 9.73. The van der Waals surface area contributed by atoms with E-state index in [0.717, 1.165) is 5.56 Å². The topological polar surface area (TPSA) is 79.1 Å². The fraction of sp³-hybridized carbons (Fsp3) is 0.130. The molecule has 4 aromatic rings. The third-order valence-electron chi connectivity index (χ3n) is 4.49. The fourth-order valence-electron chi connectivity index (χ4n) is 2.79. The normalized spacial score (nSPS) is 11.7. The summed E-state index contributed by atoms with van der Waals surface area (Å²) in [5, 5.41) is 12.7. The third kappa shape index (κ3) is 5.47. The predicted molar refractivity (Wildman–Crippen MR) is 116 cm³/mol. The number of halogens is 2. The molecule has 0 amide bonds. The van der Waals surface area contributed by atoms with Crippen LogP contribution in [0.2, 0.25) is 5.02 Å². The Bertz CT molecular complexity index is 1200. The highest BCUT2D eigenvalue weighted by atomic mass is 35.5. The van der Waals surface area contributed by atoms with Crippen molar-refractivity contribution in [1.82, 2.24) is 20.2 Å². The number of tetrazole rings is 1. The Kier molecular flexibility index (Phi) is 6.42. The quantitative estimate of drug-likeness (QED) is 0.376. The summed E-state index contributed by atoms with van der Waals surface area (Å²) in [5.41, 5.74) is 0.750. The highest BCUT2D eigenvalue weighted by Crippen LogP contribution is 2.24. The SMILES string of the molecule is CC(Oc1ccc(Oc2ccc(F)cc2)cc1)C(=O)Cn1nnc(-c2ccc(Cl)cc2)n1. The van der Waals surface area contributed by atoms with Crippen LogP contribution in [0.5, 0.6) is 17.2 Å². The van der Waals surface area contributed by atoms with Gasteiger partial charge >= 0.3 is 0 Å². The van der Waals surface area contributed by atoms with E-state index in [-0.39, 0.29) is 18.1 Å². The van der Waals surface area contributed by atoms with Gasteiger partial charge in [-0.1, -0.05) is 11.6 Å². The lowest BCUT2D eigenvalue weighted by Gasteiger charge is -2.13. The zero-order chi connectivity index (χ0) is 22.5. The minimum Gasteiger partial charge on any atom is -0.483 e. The van der Waals surface area contributed by atoms with Crippen LogP contribution in [-0.4, -0.2) is 32.1 Å². The van der Waals surface area contributed by atoms with Crippen LogP contribution in [-0.2, 0) is 11.3 Å². The summed E-state index contributed by atoms with van der Waals surface area (Å²) < 4.78 is 24.3. The van der Waals surface area contributed by atoms with Crippen LogP contribution in [0.3, 0.4) is 0 Å². The molecule has 1 unspecified atom stereocenters.